The number of fused-ring (bicyclic) bond motifs is 2. The molecule has 2 saturated heterocycles. The smallest absolute Gasteiger partial charge is 0.254 e. The highest BCUT2D eigenvalue weighted by atomic mass is 35.5. The molecule has 216 valence electrons. The number of para-hydroxylation sites is 1. The molecule has 2 aromatic carbocycles. The lowest BCUT2D eigenvalue weighted by molar-refractivity contribution is 0.0708. The number of halogens is 2. The molecule has 2 aliphatic heterocycles. The third kappa shape index (κ3) is 6.19. The molecule has 1 saturated carbocycles. The first-order valence-electron chi connectivity index (χ1n) is 14.4. The predicted octanol–water partition coefficient (Wildman–Crippen LogP) is 6.93. The Hall–Kier alpha value is -2.84. The zero-order chi connectivity index (χ0) is 28.8. The minimum absolute atomic E-state index is 0.138. The number of hydrogen-bond donors (Lipinski definition) is 0. The van der Waals surface area contributed by atoms with Crippen LogP contribution in [0, 0.1) is 16.6 Å². The van der Waals surface area contributed by atoms with E-state index in [2.05, 4.69) is 40.5 Å². The number of carbonyl (C=O) groups excluding carboxylic acids is 1. The molecule has 6 rings (SSSR count). The molecular weight excluding hydrogens is 557 g/mol. The van der Waals surface area contributed by atoms with E-state index < -0.39 is 0 Å². The van der Waals surface area contributed by atoms with E-state index in [0.29, 0.717) is 54.0 Å². The van der Waals surface area contributed by atoms with Crippen LogP contribution in [-0.4, -0.2) is 59.5 Å². The molecule has 0 spiro atoms. The number of benzene rings is 2. The Morgan fingerprint density at radius 3 is 2.54 bits per heavy atom. The van der Waals surface area contributed by atoms with Crippen molar-refractivity contribution in [2.75, 3.05) is 42.5 Å². The minimum atomic E-state index is -0.197. The van der Waals surface area contributed by atoms with E-state index in [1.807, 2.05) is 36.4 Å². The number of thioether (sulfide) groups is 1. The highest BCUT2D eigenvalue weighted by molar-refractivity contribution is 7.98. The summed E-state index contributed by atoms with van der Waals surface area (Å²) in [4.78, 5) is 29.2. The Bertz CT molecular complexity index is 1450. The molecule has 3 aliphatic rings. The van der Waals surface area contributed by atoms with Crippen molar-refractivity contribution in [1.82, 2.24) is 14.9 Å². The second-order valence-electron chi connectivity index (χ2n) is 12.9. The monoisotopic (exact) mass is 593 g/mol. The summed E-state index contributed by atoms with van der Waals surface area (Å²) in [5.41, 5.74) is 2.92. The van der Waals surface area contributed by atoms with Gasteiger partial charge in [-0.1, -0.05) is 68.4 Å². The van der Waals surface area contributed by atoms with Gasteiger partial charge in [-0.05, 0) is 59.9 Å². The second-order valence-corrected chi connectivity index (χ2v) is 14.2. The van der Waals surface area contributed by atoms with Gasteiger partial charge < -0.3 is 14.7 Å². The highest BCUT2D eigenvalue weighted by Crippen LogP contribution is 2.52. The molecule has 41 heavy (non-hydrogen) atoms. The Balaban J connectivity index is 1.10. The van der Waals surface area contributed by atoms with Gasteiger partial charge in [0.1, 0.15) is 16.8 Å². The van der Waals surface area contributed by atoms with Crippen LogP contribution in [0.25, 0.3) is 0 Å². The summed E-state index contributed by atoms with van der Waals surface area (Å²) < 4.78 is 14.2. The van der Waals surface area contributed by atoms with Gasteiger partial charge in [0, 0.05) is 56.1 Å². The van der Waals surface area contributed by atoms with Crippen LogP contribution in [0.2, 0.25) is 5.15 Å². The van der Waals surface area contributed by atoms with Gasteiger partial charge in [0.25, 0.3) is 5.91 Å². The number of hydrogen-bond acceptors (Lipinski definition) is 6. The largest absolute Gasteiger partial charge is 0.366 e. The molecule has 2 bridgehead atoms. The molecule has 2 unspecified atom stereocenters. The maximum absolute atomic E-state index is 14.2. The first kappa shape index (κ1) is 28.3. The van der Waals surface area contributed by atoms with Crippen molar-refractivity contribution >= 4 is 40.8 Å². The average Bonchev–Trinajstić information content (AvgIpc) is 3.20. The van der Waals surface area contributed by atoms with Gasteiger partial charge >= 0.3 is 0 Å². The van der Waals surface area contributed by atoms with Crippen molar-refractivity contribution in [3.05, 3.63) is 76.7 Å². The number of nitrogens with zero attached hydrogens (tertiary/aromatic N) is 5. The first-order valence-corrected chi connectivity index (χ1v) is 15.8. The molecule has 1 aliphatic carbocycles. The SMILES string of the molecule is CC1(C)CC2CC(C)(CN2C(=O)c2cccc(CSc3nc(Cl)cc(N4CCN(c5ccccc5F)CC4)n3)c2)C1. The van der Waals surface area contributed by atoms with Gasteiger partial charge in [0.2, 0.25) is 0 Å². The molecule has 3 heterocycles. The van der Waals surface area contributed by atoms with Crippen molar-refractivity contribution < 1.29 is 9.18 Å². The first-order chi connectivity index (χ1) is 19.6. The zero-order valence-corrected chi connectivity index (χ0v) is 25.5. The van der Waals surface area contributed by atoms with Crippen LogP contribution in [0.1, 0.15) is 56.0 Å². The lowest BCUT2D eigenvalue weighted by Crippen LogP contribution is -2.47. The summed E-state index contributed by atoms with van der Waals surface area (Å²) in [6.45, 7) is 10.7. The lowest BCUT2D eigenvalue weighted by Gasteiger charge is -2.39. The van der Waals surface area contributed by atoms with Crippen LogP contribution in [0.3, 0.4) is 0 Å². The average molecular weight is 594 g/mol. The Labute approximate surface area is 251 Å². The van der Waals surface area contributed by atoms with Gasteiger partial charge in [0.05, 0.1) is 5.69 Å². The predicted molar refractivity (Wildman–Crippen MR) is 164 cm³/mol. The minimum Gasteiger partial charge on any atom is -0.366 e. The second kappa shape index (κ2) is 11.1. The molecule has 1 amide bonds. The molecule has 3 fully saturated rings. The molecule has 9 heteroatoms. The number of amides is 1. The van der Waals surface area contributed by atoms with Crippen LogP contribution in [0.5, 0.6) is 0 Å². The van der Waals surface area contributed by atoms with Gasteiger partial charge in [0.15, 0.2) is 5.16 Å². The van der Waals surface area contributed by atoms with E-state index in [1.54, 1.807) is 12.1 Å². The fourth-order valence-corrected chi connectivity index (χ4v) is 8.33. The number of likely N-dealkylation sites (tertiary alicyclic amines) is 1. The van der Waals surface area contributed by atoms with E-state index in [9.17, 15) is 9.18 Å². The fourth-order valence-electron chi connectivity index (χ4n) is 7.30. The third-order valence-electron chi connectivity index (χ3n) is 8.68. The topological polar surface area (TPSA) is 52.6 Å². The fraction of sp³-hybridized carbons (Fsp3) is 0.469. The van der Waals surface area contributed by atoms with E-state index in [0.717, 1.165) is 36.3 Å². The van der Waals surface area contributed by atoms with E-state index in [-0.39, 0.29) is 22.6 Å². The molecule has 3 aromatic rings. The number of aromatic nitrogens is 2. The highest BCUT2D eigenvalue weighted by Gasteiger charge is 2.51. The summed E-state index contributed by atoms with van der Waals surface area (Å²) in [6.07, 6.45) is 3.33. The molecular formula is C32H37ClFN5OS. The van der Waals surface area contributed by atoms with Gasteiger partial charge in [-0.15, -0.1) is 0 Å². The molecule has 2 atom stereocenters. The van der Waals surface area contributed by atoms with Gasteiger partial charge in [-0.2, -0.15) is 0 Å². The number of rotatable bonds is 6. The number of piperazine rings is 1. The van der Waals surface area contributed by atoms with Crippen LogP contribution < -0.4 is 9.80 Å². The summed E-state index contributed by atoms with van der Waals surface area (Å²) in [5.74, 6) is 1.35. The van der Waals surface area contributed by atoms with Crippen molar-refractivity contribution in [3.8, 4) is 0 Å². The van der Waals surface area contributed by atoms with E-state index in [4.69, 9.17) is 16.6 Å². The van der Waals surface area contributed by atoms with Crippen molar-refractivity contribution in [3.63, 3.8) is 0 Å². The van der Waals surface area contributed by atoms with E-state index >= 15 is 0 Å². The Morgan fingerprint density at radius 2 is 1.76 bits per heavy atom. The molecule has 0 N–H and O–H groups in total. The van der Waals surface area contributed by atoms with Gasteiger partial charge in [-0.3, -0.25) is 4.79 Å². The summed E-state index contributed by atoms with van der Waals surface area (Å²) in [5, 5.41) is 0.999. The Morgan fingerprint density at radius 1 is 1.00 bits per heavy atom. The quantitative estimate of drug-likeness (QED) is 0.175. The maximum atomic E-state index is 14.2. The molecule has 6 nitrogen and oxygen atoms in total. The molecule has 1 aromatic heterocycles. The van der Waals surface area contributed by atoms with Gasteiger partial charge in [-0.25, -0.2) is 14.4 Å². The molecule has 0 radical (unpaired) electrons. The normalized spacial score (nSPS) is 23.6. The van der Waals surface area contributed by atoms with Crippen LogP contribution in [0.4, 0.5) is 15.9 Å². The zero-order valence-electron chi connectivity index (χ0n) is 23.9. The summed E-state index contributed by atoms with van der Waals surface area (Å²) >= 11 is 7.92. The third-order valence-corrected chi connectivity index (χ3v) is 9.79. The summed E-state index contributed by atoms with van der Waals surface area (Å²) in [7, 11) is 0. The van der Waals surface area contributed by atoms with Crippen molar-refractivity contribution in [2.45, 2.75) is 57.0 Å². The van der Waals surface area contributed by atoms with Crippen molar-refractivity contribution in [1.29, 1.82) is 0 Å². The van der Waals surface area contributed by atoms with Crippen LogP contribution in [-0.2, 0) is 5.75 Å². The Kier molecular flexibility index (Phi) is 7.66. The van der Waals surface area contributed by atoms with E-state index in [1.165, 1.54) is 24.2 Å². The van der Waals surface area contributed by atoms with Crippen LogP contribution >= 0.6 is 23.4 Å². The van der Waals surface area contributed by atoms with Crippen LogP contribution in [0.15, 0.2) is 59.8 Å². The number of carbonyl (C=O) groups is 1. The lowest BCUT2D eigenvalue weighted by atomic mass is 9.65. The van der Waals surface area contributed by atoms with Crippen molar-refractivity contribution in [2.24, 2.45) is 10.8 Å². The number of anilines is 2. The standard InChI is InChI=1S/C32H37ClFN5OS/c1-31(2)17-24-18-32(3,20-31)21-39(24)29(40)23-8-6-7-22(15-23)19-41-30-35-27(33)16-28(36-30)38-13-11-37(12-14-38)26-10-5-4-9-25(26)34/h4-10,15-16,24H,11-14,17-21H2,1-3H3. The summed E-state index contributed by atoms with van der Waals surface area (Å²) in [6, 6.07) is 17.0. The maximum Gasteiger partial charge on any atom is 0.254 e.